The summed E-state index contributed by atoms with van der Waals surface area (Å²) in [6.07, 6.45) is 6.02. The SMILES string of the molecule is CCCCC[C@@H](CC[C@@H]1[C@H]2Cc3cccc(OCC(=O)O)c3C[C@H]2C[C@H]1O)OC(=O)NC(C)(C)C(=O)NCCNCCS. The van der Waals surface area contributed by atoms with Crippen LogP contribution in [0, 0.1) is 17.8 Å². The van der Waals surface area contributed by atoms with E-state index < -0.39 is 23.7 Å². The van der Waals surface area contributed by atoms with E-state index in [9.17, 15) is 19.5 Å². The van der Waals surface area contributed by atoms with Crippen molar-refractivity contribution in [2.75, 3.05) is 32.0 Å². The van der Waals surface area contributed by atoms with Crippen LogP contribution in [0.5, 0.6) is 5.75 Å². The van der Waals surface area contributed by atoms with Gasteiger partial charge in [0.2, 0.25) is 5.91 Å². The fourth-order valence-corrected chi connectivity index (χ4v) is 6.68. The smallest absolute Gasteiger partial charge is 0.408 e. The predicted octanol–water partition coefficient (Wildman–Crippen LogP) is 3.73. The lowest BCUT2D eigenvalue weighted by Gasteiger charge is -2.33. The van der Waals surface area contributed by atoms with E-state index in [0.29, 0.717) is 43.4 Å². The van der Waals surface area contributed by atoms with Gasteiger partial charge < -0.3 is 35.6 Å². The fourth-order valence-electron chi connectivity index (χ4n) is 6.52. The van der Waals surface area contributed by atoms with Crippen LogP contribution in [0.15, 0.2) is 18.2 Å². The molecule has 0 heterocycles. The van der Waals surface area contributed by atoms with Gasteiger partial charge in [-0.25, -0.2) is 9.59 Å². The number of alkyl carbamates (subject to hydrolysis) is 1. The fraction of sp³-hybridized carbons (Fsp3) is 0.719. The van der Waals surface area contributed by atoms with E-state index in [-0.39, 0.29) is 30.5 Å². The van der Waals surface area contributed by atoms with Crippen molar-refractivity contribution in [3.05, 3.63) is 29.3 Å². The van der Waals surface area contributed by atoms with Crippen LogP contribution in [0.1, 0.15) is 76.8 Å². The van der Waals surface area contributed by atoms with E-state index in [1.165, 1.54) is 0 Å². The summed E-state index contributed by atoms with van der Waals surface area (Å²) < 4.78 is 11.5. The first-order chi connectivity index (χ1) is 20.6. The number of thiol groups is 1. The molecule has 1 aromatic carbocycles. The van der Waals surface area contributed by atoms with E-state index in [2.05, 4.69) is 41.6 Å². The van der Waals surface area contributed by atoms with Gasteiger partial charge in [0.05, 0.1) is 6.10 Å². The zero-order valence-electron chi connectivity index (χ0n) is 25.9. The molecule has 2 aliphatic rings. The Morgan fingerprint density at radius 2 is 1.91 bits per heavy atom. The summed E-state index contributed by atoms with van der Waals surface area (Å²) in [5.74, 6) is 0.715. The molecule has 11 heteroatoms. The Morgan fingerprint density at radius 3 is 2.63 bits per heavy atom. The van der Waals surface area contributed by atoms with Crippen LogP contribution in [0.25, 0.3) is 0 Å². The molecule has 43 heavy (non-hydrogen) atoms. The number of hydrogen-bond donors (Lipinski definition) is 6. The first kappa shape index (κ1) is 35.0. The average Bonchev–Trinajstić information content (AvgIpc) is 3.26. The van der Waals surface area contributed by atoms with E-state index >= 15 is 0 Å². The van der Waals surface area contributed by atoms with Gasteiger partial charge >= 0.3 is 12.1 Å². The van der Waals surface area contributed by atoms with Crippen molar-refractivity contribution in [3.63, 3.8) is 0 Å². The molecule has 5 atom stereocenters. The summed E-state index contributed by atoms with van der Waals surface area (Å²) in [6, 6.07) is 5.79. The molecule has 0 bridgehead atoms. The molecular weight excluding hydrogens is 570 g/mol. The van der Waals surface area contributed by atoms with Crippen molar-refractivity contribution in [2.24, 2.45) is 17.8 Å². The number of benzene rings is 1. The number of ether oxygens (including phenoxy) is 2. The topological polar surface area (TPSA) is 146 Å². The summed E-state index contributed by atoms with van der Waals surface area (Å²) in [5.41, 5.74) is 1.07. The highest BCUT2D eigenvalue weighted by molar-refractivity contribution is 7.80. The Morgan fingerprint density at radius 1 is 1.12 bits per heavy atom. The Kier molecular flexibility index (Phi) is 13.9. The van der Waals surface area contributed by atoms with Crippen LogP contribution in [0.4, 0.5) is 4.79 Å². The number of carboxylic acid groups (broad SMARTS) is 1. The molecule has 3 rings (SSSR count). The van der Waals surface area contributed by atoms with Crippen molar-refractivity contribution < 1.29 is 34.1 Å². The molecule has 0 aliphatic heterocycles. The zero-order valence-corrected chi connectivity index (χ0v) is 26.8. The number of carboxylic acids is 1. The van der Waals surface area contributed by atoms with Gasteiger partial charge in [0, 0.05) is 25.4 Å². The summed E-state index contributed by atoms with van der Waals surface area (Å²) in [7, 11) is 0. The number of aliphatic hydroxyl groups is 1. The Labute approximate surface area is 261 Å². The maximum absolute atomic E-state index is 12.9. The minimum atomic E-state index is -1.13. The first-order valence-electron chi connectivity index (χ1n) is 15.8. The van der Waals surface area contributed by atoms with Gasteiger partial charge in [-0.05, 0) is 93.7 Å². The number of carbonyl (C=O) groups is 3. The number of fused-ring (bicyclic) bond motifs is 2. The second kappa shape index (κ2) is 17.1. The zero-order chi connectivity index (χ0) is 31.4. The molecule has 2 amide bonds. The van der Waals surface area contributed by atoms with Crippen LogP contribution in [-0.2, 0) is 27.2 Å². The number of aliphatic hydroxyl groups excluding tert-OH is 1. The van der Waals surface area contributed by atoms with Crippen molar-refractivity contribution in [1.29, 1.82) is 0 Å². The molecule has 242 valence electrons. The molecule has 5 N–H and O–H groups in total. The highest BCUT2D eigenvalue weighted by Crippen LogP contribution is 2.48. The Bertz CT molecular complexity index is 1070. The molecule has 0 unspecified atom stereocenters. The first-order valence-corrected chi connectivity index (χ1v) is 16.4. The molecule has 10 nitrogen and oxygen atoms in total. The predicted molar refractivity (Wildman–Crippen MR) is 169 cm³/mol. The highest BCUT2D eigenvalue weighted by atomic mass is 32.1. The molecule has 1 fully saturated rings. The molecule has 2 aliphatic carbocycles. The molecule has 1 saturated carbocycles. The standard InChI is InChI=1S/C32H51N3O7S/c1-4-5-6-9-23(42-31(40)35-32(2,3)30(39)34-14-13-33-15-16-43)11-12-24-25-17-21-8-7-10-28(41-20-29(37)38)26(21)18-22(25)19-27(24)36/h7-8,10,22-25,27,33,36,43H,4-6,9,11-20H2,1-3H3,(H,34,39)(H,35,40)(H,37,38)/t22-,23-,24+,25-,27+/m0/s1. The van der Waals surface area contributed by atoms with Crippen LogP contribution in [-0.4, -0.2) is 77.9 Å². The third-order valence-corrected chi connectivity index (χ3v) is 9.00. The number of rotatable bonds is 18. The van der Waals surface area contributed by atoms with Crippen molar-refractivity contribution in [3.8, 4) is 5.75 Å². The van der Waals surface area contributed by atoms with Crippen molar-refractivity contribution in [1.82, 2.24) is 16.0 Å². The molecule has 0 radical (unpaired) electrons. The summed E-state index contributed by atoms with van der Waals surface area (Å²) in [5, 5.41) is 28.9. The van der Waals surface area contributed by atoms with Gasteiger partial charge in [0.1, 0.15) is 17.4 Å². The summed E-state index contributed by atoms with van der Waals surface area (Å²) in [4.78, 5) is 36.7. The number of unbranched alkanes of at least 4 members (excludes halogenated alkanes) is 2. The normalized spacial score (nSPS) is 21.8. The lowest BCUT2D eigenvalue weighted by atomic mass is 9.73. The maximum atomic E-state index is 12.9. The molecular formula is C32H51N3O7S. The number of amides is 2. The van der Waals surface area contributed by atoms with Crippen LogP contribution < -0.4 is 20.7 Å². The van der Waals surface area contributed by atoms with Gasteiger partial charge in [-0.15, -0.1) is 0 Å². The number of carbonyl (C=O) groups excluding carboxylic acids is 2. The third kappa shape index (κ3) is 10.6. The average molecular weight is 622 g/mol. The monoisotopic (exact) mass is 621 g/mol. The molecule has 1 aromatic rings. The number of aliphatic carboxylic acids is 1. The molecule has 0 saturated heterocycles. The van der Waals surface area contributed by atoms with Crippen LogP contribution in [0.3, 0.4) is 0 Å². The minimum absolute atomic E-state index is 0.0838. The number of nitrogens with one attached hydrogen (secondary N) is 3. The third-order valence-electron chi connectivity index (χ3n) is 8.78. The van der Waals surface area contributed by atoms with Gasteiger partial charge in [-0.2, -0.15) is 12.6 Å². The lowest BCUT2D eigenvalue weighted by molar-refractivity contribution is -0.139. The lowest BCUT2D eigenvalue weighted by Crippen LogP contribution is -2.56. The van der Waals surface area contributed by atoms with Gasteiger partial charge in [-0.3, -0.25) is 4.79 Å². The van der Waals surface area contributed by atoms with Crippen molar-refractivity contribution >= 4 is 30.6 Å². The second-order valence-electron chi connectivity index (χ2n) is 12.5. The number of hydrogen-bond acceptors (Lipinski definition) is 8. The second-order valence-corrected chi connectivity index (χ2v) is 12.9. The van der Waals surface area contributed by atoms with Gasteiger partial charge in [-0.1, -0.05) is 31.9 Å². The van der Waals surface area contributed by atoms with Crippen LogP contribution >= 0.6 is 12.6 Å². The van der Waals surface area contributed by atoms with E-state index in [1.807, 2.05) is 12.1 Å². The molecule has 0 aromatic heterocycles. The largest absolute Gasteiger partial charge is 0.482 e. The van der Waals surface area contributed by atoms with Crippen molar-refractivity contribution in [2.45, 2.75) is 96.3 Å². The molecule has 0 spiro atoms. The summed E-state index contributed by atoms with van der Waals surface area (Å²) >= 11 is 4.15. The van der Waals surface area contributed by atoms with Gasteiger partial charge in [0.15, 0.2) is 6.61 Å². The van der Waals surface area contributed by atoms with Crippen LogP contribution in [0.2, 0.25) is 0 Å². The van der Waals surface area contributed by atoms with E-state index in [0.717, 1.165) is 62.6 Å². The summed E-state index contributed by atoms with van der Waals surface area (Å²) in [6.45, 7) is 6.88. The quantitative estimate of drug-likeness (QED) is 0.107. The Hall–Kier alpha value is -2.50. The maximum Gasteiger partial charge on any atom is 0.408 e. The van der Waals surface area contributed by atoms with Gasteiger partial charge in [0.25, 0.3) is 0 Å². The Balaban J connectivity index is 1.58. The van der Waals surface area contributed by atoms with E-state index in [4.69, 9.17) is 14.6 Å². The highest BCUT2D eigenvalue weighted by Gasteiger charge is 2.45. The van der Waals surface area contributed by atoms with E-state index in [1.54, 1.807) is 13.8 Å². The minimum Gasteiger partial charge on any atom is -0.482 e.